The molecule has 6 aromatic carbocycles. The molecule has 310 valence electrons. The number of hydrogen-bond donors (Lipinski definition) is 0. The molecule has 6 rings (SSSR count). The Morgan fingerprint density at radius 3 is 0.966 bits per heavy atom. The molecule has 0 saturated carbocycles. The number of hydrogen-bond acceptors (Lipinski definition) is 0. The van der Waals surface area contributed by atoms with Gasteiger partial charge in [-0.15, -0.1) is 69.1 Å². The van der Waals surface area contributed by atoms with Gasteiger partial charge in [-0.05, 0) is 67.9 Å². The van der Waals surface area contributed by atoms with Crippen molar-refractivity contribution in [2.24, 2.45) is 0 Å². The van der Waals surface area contributed by atoms with Crippen molar-refractivity contribution in [3.8, 4) is 22.3 Å². The van der Waals surface area contributed by atoms with E-state index in [9.17, 15) is 0 Å². The van der Waals surface area contributed by atoms with Crippen molar-refractivity contribution in [1.29, 1.82) is 0 Å². The molecule has 0 aliphatic heterocycles. The Bertz CT molecular complexity index is 2020. The fourth-order valence-electron chi connectivity index (χ4n) is 7.71. The van der Waals surface area contributed by atoms with Gasteiger partial charge >= 0.3 is 37.9 Å². The second kappa shape index (κ2) is 21.5. The summed E-state index contributed by atoms with van der Waals surface area (Å²) in [6.45, 7) is 41.0. The quantitative estimate of drug-likeness (QED) is 0.115. The fourth-order valence-corrected chi connectivity index (χ4v) is 7.71. The molecule has 2 radical (unpaired) electrons. The molecule has 6 aromatic rings. The third-order valence-electron chi connectivity index (χ3n) is 10.9. The molecule has 0 bridgehead atoms. The van der Waals surface area contributed by atoms with Crippen molar-refractivity contribution in [2.45, 2.75) is 158 Å². The average Bonchev–Trinajstić information content (AvgIpc) is 3.71. The predicted molar refractivity (Wildman–Crippen MR) is 262 cm³/mol. The van der Waals surface area contributed by atoms with Crippen LogP contribution in [0.1, 0.15) is 165 Å². The van der Waals surface area contributed by atoms with Gasteiger partial charge < -0.3 is 0 Å². The van der Waals surface area contributed by atoms with Gasteiger partial charge in [-0.1, -0.05) is 183 Å². The van der Waals surface area contributed by atoms with E-state index < -0.39 is 20.8 Å². The van der Waals surface area contributed by atoms with Gasteiger partial charge in [0.05, 0.1) is 0 Å². The van der Waals surface area contributed by atoms with E-state index in [0.717, 1.165) is 9.52 Å². The molecule has 0 nitrogen and oxygen atoms in total. The van der Waals surface area contributed by atoms with Crippen LogP contribution in [-0.4, -0.2) is 9.52 Å². The Labute approximate surface area is 376 Å². The normalized spacial score (nSPS) is 11.7. The van der Waals surface area contributed by atoms with Crippen molar-refractivity contribution in [2.75, 3.05) is 0 Å². The summed E-state index contributed by atoms with van der Waals surface area (Å²) in [6.07, 6.45) is 0. The molecule has 4 heteroatoms. The molecule has 0 spiro atoms. The monoisotopic (exact) mass is 908 g/mol. The second-order valence-corrected chi connectivity index (χ2v) is 24.2. The van der Waals surface area contributed by atoms with E-state index in [4.69, 9.17) is 17.0 Å². The van der Waals surface area contributed by atoms with Gasteiger partial charge in [0.15, 0.2) is 0 Å². The van der Waals surface area contributed by atoms with Crippen LogP contribution in [0, 0.1) is 13.8 Å². The Morgan fingerprint density at radius 2 is 0.741 bits per heavy atom. The van der Waals surface area contributed by atoms with E-state index >= 15 is 0 Å². The predicted octanol–water partition coefficient (Wildman–Crippen LogP) is 18.3. The summed E-state index contributed by atoms with van der Waals surface area (Å²) in [5, 5.41) is 5.49. The Balaban J connectivity index is 0.000000273. The molecule has 0 heterocycles. The maximum atomic E-state index is 4.93. The topological polar surface area (TPSA) is 0 Å². The summed E-state index contributed by atoms with van der Waals surface area (Å²) in [6, 6.07) is 33.1. The van der Waals surface area contributed by atoms with Crippen LogP contribution in [0.25, 0.3) is 43.8 Å². The summed E-state index contributed by atoms with van der Waals surface area (Å²) < 4.78 is 0. The first kappa shape index (κ1) is 50.1. The van der Waals surface area contributed by atoms with E-state index in [-0.39, 0.29) is 10.8 Å². The van der Waals surface area contributed by atoms with Gasteiger partial charge in [0.2, 0.25) is 0 Å². The summed E-state index contributed by atoms with van der Waals surface area (Å²) in [5.41, 5.74) is 17.1. The molecular formula is C54H72Cl2SiZr. The van der Waals surface area contributed by atoms with Crippen LogP contribution in [0.15, 0.2) is 84.9 Å². The van der Waals surface area contributed by atoms with Gasteiger partial charge in [0, 0.05) is 9.52 Å². The zero-order valence-electron chi connectivity index (χ0n) is 39.1. The molecule has 0 fully saturated rings. The third-order valence-corrected chi connectivity index (χ3v) is 10.9. The van der Waals surface area contributed by atoms with Gasteiger partial charge in [-0.3, -0.25) is 0 Å². The first-order valence-corrected chi connectivity index (χ1v) is 29.6. The molecule has 0 aliphatic rings. The van der Waals surface area contributed by atoms with E-state index in [1.54, 1.807) is 0 Å². The first-order chi connectivity index (χ1) is 27.0. The van der Waals surface area contributed by atoms with Crippen molar-refractivity contribution in [1.82, 2.24) is 0 Å². The van der Waals surface area contributed by atoms with E-state index in [2.05, 4.69) is 209 Å². The van der Waals surface area contributed by atoms with Crippen molar-refractivity contribution in [3.63, 3.8) is 0 Å². The van der Waals surface area contributed by atoms with Crippen molar-refractivity contribution in [3.05, 3.63) is 129 Å². The summed E-state index contributed by atoms with van der Waals surface area (Å²) >= 11 is -0.826. The van der Waals surface area contributed by atoms with Gasteiger partial charge in [0.25, 0.3) is 0 Å². The fraction of sp³-hybridized carbons (Fsp3) is 0.444. The molecule has 0 aliphatic carbocycles. The van der Waals surface area contributed by atoms with Crippen LogP contribution in [0.4, 0.5) is 0 Å². The molecular weight excluding hydrogens is 839 g/mol. The zero-order chi connectivity index (χ0) is 43.9. The Hall–Kier alpha value is -2.22. The zero-order valence-corrected chi connectivity index (χ0v) is 44.1. The molecule has 0 unspecified atom stereocenters. The number of halogens is 2. The maximum absolute atomic E-state index is 4.93. The summed E-state index contributed by atoms with van der Waals surface area (Å²) in [5.74, 6) is 2.13. The SMILES string of the molecule is C[Si]C.Cc1cc2c(-c3cc(C(C)C)cc(C(C)C)c3)c(C(C)(C)C)ccc2[cH-]1.Cc1cc2c(-c3cc(C(C)C)cc(C(C)C)c3)c(C(C)(C)C)ccc2[cH-]1.[Cl][Zr+2][Cl]. The minimum absolute atomic E-state index is 0.112. The summed E-state index contributed by atoms with van der Waals surface area (Å²) in [4.78, 5) is 0. The van der Waals surface area contributed by atoms with Gasteiger partial charge in [0.1, 0.15) is 0 Å². The molecule has 0 aromatic heterocycles. The Kier molecular flexibility index (Phi) is 18.6. The van der Waals surface area contributed by atoms with Crippen molar-refractivity contribution < 1.29 is 20.8 Å². The minimum atomic E-state index is -0.826. The Morgan fingerprint density at radius 1 is 0.483 bits per heavy atom. The van der Waals surface area contributed by atoms with E-state index in [1.807, 2.05) is 0 Å². The third kappa shape index (κ3) is 12.9. The van der Waals surface area contributed by atoms with Crippen molar-refractivity contribution >= 4 is 48.1 Å². The second-order valence-electron chi connectivity index (χ2n) is 19.5. The molecule has 0 amide bonds. The molecule has 58 heavy (non-hydrogen) atoms. The van der Waals surface area contributed by atoms with E-state index in [0.29, 0.717) is 23.7 Å². The number of aryl methyl sites for hydroxylation is 2. The van der Waals surface area contributed by atoms with Crippen LogP contribution in [0.3, 0.4) is 0 Å². The van der Waals surface area contributed by atoms with Crippen LogP contribution in [0.2, 0.25) is 13.1 Å². The number of fused-ring (bicyclic) bond motifs is 2. The van der Waals surface area contributed by atoms with Crippen LogP contribution >= 0.6 is 17.0 Å². The van der Waals surface area contributed by atoms with Crippen LogP contribution in [-0.2, 0) is 31.7 Å². The first-order valence-electron chi connectivity index (χ1n) is 21.2. The summed E-state index contributed by atoms with van der Waals surface area (Å²) in [7, 11) is 11.0. The standard InChI is InChI=1S/2C26H33.C2H6Si.2ClH.Zr/c2*1-16(2)20-13-21(17(3)4)15-22(14-20)25-23-12-18(5)11-19(23)9-10-24(25)26(6,7)8;1-3-2;;;/h2*9-17H,1-8H3;1-2H3;2*1H;/q2*-1;;;;+4/p-2. The van der Waals surface area contributed by atoms with Crippen LogP contribution in [0.5, 0.6) is 0 Å². The molecule has 0 saturated heterocycles. The molecule has 0 N–H and O–H groups in total. The number of benzene rings is 4. The molecule has 0 atom stereocenters. The van der Waals surface area contributed by atoms with Gasteiger partial charge in [-0.2, -0.15) is 12.1 Å². The average molecular weight is 911 g/mol. The van der Waals surface area contributed by atoms with E-state index in [1.165, 1.54) is 88.3 Å². The van der Waals surface area contributed by atoms with Crippen LogP contribution < -0.4 is 0 Å². The van der Waals surface area contributed by atoms with Gasteiger partial charge in [-0.25, -0.2) is 0 Å². The number of rotatable bonds is 6.